The maximum atomic E-state index is 9.74. The summed E-state index contributed by atoms with van der Waals surface area (Å²) in [6, 6.07) is 44.3. The Morgan fingerprint density at radius 2 is 0.766 bits per heavy atom. The number of benzene rings is 2. The second kappa shape index (κ2) is 21.6. The number of aliphatic hydroxyl groups is 2. The van der Waals surface area contributed by atoms with Crippen molar-refractivity contribution in [3.63, 3.8) is 0 Å². The zero-order valence-corrected chi connectivity index (χ0v) is 39.9. The van der Waals surface area contributed by atoms with Crippen molar-refractivity contribution >= 4 is 44.3 Å². The van der Waals surface area contributed by atoms with E-state index < -0.39 is 7.12 Å². The Labute approximate surface area is 390 Å². The molecule has 64 heavy (non-hydrogen) atoms. The molecule has 0 saturated heterocycles. The molecule has 10 nitrogen and oxygen atoms in total. The molecule has 8 rings (SSSR count). The standard InChI is InChI=1S/C26H27N3O.C17H20BN3O2.C9H9IO/c1-18-10-11-19(2)28(18)25-16-23(24(14-15-30)22-8-6-5-7-9-22)17-26(27-25)29-20(3)12-13-21(29)4;1-11-5-6-12(2)20(11)16-9-15(18(22)23)10-17(19-16)21-13(3)7-8-14(21)4;10-9(6-7-11)8-4-2-1-3-5-8/h5-14,16-17,30H,15H2,1-4H3;5-10,22-23H,1-4H3;1-6,11H,7H2/b24-14-;;9-6-. The highest BCUT2D eigenvalue weighted by atomic mass is 127. The zero-order chi connectivity index (χ0) is 46.1. The van der Waals surface area contributed by atoms with Crippen LogP contribution in [0.3, 0.4) is 0 Å². The lowest BCUT2D eigenvalue weighted by atomic mass is 9.81. The smallest absolute Gasteiger partial charge is 0.423 e. The average Bonchev–Trinajstić information content (AvgIpc) is 4.03. The highest BCUT2D eigenvalue weighted by Crippen LogP contribution is 2.29. The zero-order valence-electron chi connectivity index (χ0n) is 37.7. The van der Waals surface area contributed by atoms with Gasteiger partial charge in [0.05, 0.1) is 13.2 Å². The van der Waals surface area contributed by atoms with Gasteiger partial charge in [-0.25, -0.2) is 9.97 Å². The number of hydrogen-bond acceptors (Lipinski definition) is 6. The van der Waals surface area contributed by atoms with Crippen LogP contribution in [0, 0.1) is 55.4 Å². The number of hydrogen-bond donors (Lipinski definition) is 4. The fraction of sp³-hybridized carbons (Fsp3) is 0.192. The van der Waals surface area contributed by atoms with Gasteiger partial charge in [-0.15, -0.1) is 0 Å². The van der Waals surface area contributed by atoms with E-state index in [0.29, 0.717) is 17.1 Å². The summed E-state index contributed by atoms with van der Waals surface area (Å²) in [4.78, 5) is 9.78. The van der Waals surface area contributed by atoms with Gasteiger partial charge in [-0.05, 0) is 185 Å². The molecule has 0 unspecified atom stereocenters. The van der Waals surface area contributed by atoms with Crippen LogP contribution in [0.25, 0.3) is 32.4 Å². The Morgan fingerprint density at radius 3 is 1.08 bits per heavy atom. The number of aromatic nitrogens is 6. The molecule has 0 saturated carbocycles. The molecule has 0 amide bonds. The Morgan fingerprint density at radius 1 is 0.453 bits per heavy atom. The van der Waals surface area contributed by atoms with Gasteiger partial charge in [0.15, 0.2) is 0 Å². The molecule has 0 atom stereocenters. The molecule has 0 spiro atoms. The van der Waals surface area contributed by atoms with E-state index in [0.717, 1.165) is 83.0 Å². The van der Waals surface area contributed by atoms with Crippen molar-refractivity contribution in [3.05, 3.63) is 208 Å². The summed E-state index contributed by atoms with van der Waals surface area (Å²) in [7, 11) is -1.54. The van der Waals surface area contributed by atoms with Crippen molar-refractivity contribution in [3.8, 4) is 23.3 Å². The van der Waals surface area contributed by atoms with Crippen LogP contribution in [-0.2, 0) is 0 Å². The molecule has 328 valence electrons. The predicted molar refractivity (Wildman–Crippen MR) is 270 cm³/mol. The van der Waals surface area contributed by atoms with Gasteiger partial charge in [0, 0.05) is 49.1 Å². The van der Waals surface area contributed by atoms with Crippen molar-refractivity contribution in [2.45, 2.75) is 55.4 Å². The monoisotopic (exact) mass is 966 g/mol. The maximum absolute atomic E-state index is 9.74. The fourth-order valence-corrected chi connectivity index (χ4v) is 8.37. The Bertz CT molecular complexity index is 2680. The normalized spacial score (nSPS) is 11.5. The van der Waals surface area contributed by atoms with Gasteiger partial charge in [-0.2, -0.15) is 0 Å². The lowest BCUT2D eigenvalue weighted by Gasteiger charge is -2.17. The first-order chi connectivity index (χ1) is 30.7. The van der Waals surface area contributed by atoms with Crippen LogP contribution < -0.4 is 5.46 Å². The van der Waals surface area contributed by atoms with Gasteiger partial charge in [0.1, 0.15) is 23.3 Å². The van der Waals surface area contributed by atoms with Crippen molar-refractivity contribution in [1.82, 2.24) is 28.2 Å². The highest BCUT2D eigenvalue weighted by molar-refractivity contribution is 14.1. The molecular weight excluding hydrogens is 910 g/mol. The minimum Gasteiger partial charge on any atom is -0.423 e. The molecule has 0 radical (unpaired) electrons. The van der Waals surface area contributed by atoms with Crippen LogP contribution in [0.4, 0.5) is 0 Å². The minimum atomic E-state index is -1.54. The van der Waals surface area contributed by atoms with Crippen molar-refractivity contribution in [2.24, 2.45) is 0 Å². The Balaban J connectivity index is 0.000000176. The Kier molecular flexibility index (Phi) is 16.0. The van der Waals surface area contributed by atoms with Crippen LogP contribution in [0.1, 0.15) is 62.2 Å². The highest BCUT2D eigenvalue weighted by Gasteiger charge is 2.19. The van der Waals surface area contributed by atoms with Gasteiger partial charge in [-0.1, -0.05) is 66.7 Å². The quantitative estimate of drug-likeness (QED) is 0.0800. The van der Waals surface area contributed by atoms with Gasteiger partial charge in [0.2, 0.25) is 0 Å². The van der Waals surface area contributed by atoms with E-state index in [2.05, 4.69) is 108 Å². The summed E-state index contributed by atoms with van der Waals surface area (Å²) < 4.78 is 9.43. The predicted octanol–water partition coefficient (Wildman–Crippen LogP) is 9.35. The van der Waals surface area contributed by atoms with E-state index in [1.165, 1.54) is 0 Å². The van der Waals surface area contributed by atoms with Gasteiger partial charge in [-0.3, -0.25) is 0 Å². The van der Waals surface area contributed by atoms with Crippen LogP contribution in [-0.4, -0.2) is 68.8 Å². The average molecular weight is 967 g/mol. The molecule has 0 aliphatic rings. The summed E-state index contributed by atoms with van der Waals surface area (Å²) in [5.74, 6) is 3.10. The minimum absolute atomic E-state index is 0.0274. The molecule has 6 aromatic heterocycles. The summed E-state index contributed by atoms with van der Waals surface area (Å²) in [6.07, 6.45) is 3.65. The topological polar surface area (TPSA) is 126 Å². The molecule has 0 aliphatic heterocycles. The SMILES string of the molecule is Cc1ccc(C)n1-c1cc(/C(=C\CO)c2ccccc2)cc(-n2c(C)ccc2C)n1.Cc1ccc(C)n1-c1cc(B(O)O)cc(-n2c(C)ccc2C)n1.OC/C=C(\I)c1ccccc1. The third kappa shape index (κ3) is 11.0. The second-order valence-corrected chi connectivity index (χ2v) is 16.8. The third-order valence-corrected chi connectivity index (χ3v) is 12.0. The van der Waals surface area contributed by atoms with E-state index in [9.17, 15) is 15.2 Å². The lowest BCUT2D eigenvalue weighted by molar-refractivity contribution is 0.343. The molecule has 0 fully saturated rings. The van der Waals surface area contributed by atoms with Crippen LogP contribution >= 0.6 is 22.6 Å². The number of aliphatic hydroxyl groups excluding tert-OH is 2. The van der Waals surface area contributed by atoms with E-state index in [1.54, 1.807) is 18.2 Å². The summed E-state index contributed by atoms with van der Waals surface area (Å²) in [5.41, 5.74) is 13.4. The molecule has 0 bridgehead atoms. The second-order valence-electron chi connectivity index (χ2n) is 15.6. The number of halogens is 1. The van der Waals surface area contributed by atoms with E-state index >= 15 is 0 Å². The van der Waals surface area contributed by atoms with E-state index in [-0.39, 0.29) is 13.2 Å². The van der Waals surface area contributed by atoms with Crippen LogP contribution in [0.5, 0.6) is 0 Å². The van der Waals surface area contributed by atoms with Gasteiger partial charge >= 0.3 is 7.12 Å². The molecule has 12 heteroatoms. The summed E-state index contributed by atoms with van der Waals surface area (Å²) in [6.45, 7) is 16.5. The molecular formula is C52H56BIN6O4. The molecule has 2 aromatic carbocycles. The largest absolute Gasteiger partial charge is 0.488 e. The summed E-state index contributed by atoms with van der Waals surface area (Å²) >= 11 is 2.21. The van der Waals surface area contributed by atoms with Crippen molar-refractivity contribution in [2.75, 3.05) is 13.2 Å². The van der Waals surface area contributed by atoms with Crippen molar-refractivity contribution < 1.29 is 20.3 Å². The Hall–Kier alpha value is -6.03. The van der Waals surface area contributed by atoms with E-state index in [1.807, 2.05) is 116 Å². The first-order valence-electron chi connectivity index (χ1n) is 21.1. The number of aryl methyl sites for hydroxylation is 8. The van der Waals surface area contributed by atoms with E-state index in [4.69, 9.17) is 15.1 Å². The first kappa shape index (κ1) is 47.5. The molecule has 6 heterocycles. The number of pyridine rings is 2. The lowest BCUT2D eigenvalue weighted by Crippen LogP contribution is -2.31. The summed E-state index contributed by atoms with van der Waals surface area (Å²) in [5, 5.41) is 37.7. The maximum Gasteiger partial charge on any atom is 0.488 e. The van der Waals surface area contributed by atoms with Gasteiger partial charge < -0.3 is 38.5 Å². The number of rotatable bonds is 10. The molecule has 4 N–H and O–H groups in total. The fourth-order valence-electron chi connectivity index (χ4n) is 7.81. The number of nitrogens with zero attached hydrogens (tertiary/aromatic N) is 6. The van der Waals surface area contributed by atoms with Crippen molar-refractivity contribution in [1.29, 1.82) is 0 Å². The molecule has 8 aromatic rings. The first-order valence-corrected chi connectivity index (χ1v) is 22.2. The molecule has 0 aliphatic carbocycles. The third-order valence-electron chi connectivity index (χ3n) is 10.9. The van der Waals surface area contributed by atoms with Crippen LogP contribution in [0.15, 0.2) is 146 Å². The van der Waals surface area contributed by atoms with Crippen LogP contribution in [0.2, 0.25) is 0 Å². The van der Waals surface area contributed by atoms with Gasteiger partial charge in [0.25, 0.3) is 0 Å².